The lowest BCUT2D eigenvalue weighted by Crippen LogP contribution is -2.27. The number of amides is 1. The molecule has 1 amide bonds. The fraction of sp³-hybridized carbons (Fsp3) is 0.136. The molecule has 3 aromatic rings. The first kappa shape index (κ1) is 20.9. The van der Waals surface area contributed by atoms with E-state index in [2.05, 4.69) is 5.32 Å². The fourth-order valence-electron chi connectivity index (χ4n) is 2.85. The largest absolute Gasteiger partial charge is 0.322 e. The minimum absolute atomic E-state index is 0.166. The van der Waals surface area contributed by atoms with Crippen LogP contribution in [0, 0.1) is 13.8 Å². The van der Waals surface area contributed by atoms with E-state index in [1.807, 2.05) is 32.0 Å². The summed E-state index contributed by atoms with van der Waals surface area (Å²) < 4.78 is 26.9. The van der Waals surface area contributed by atoms with E-state index in [9.17, 15) is 13.2 Å². The molecule has 0 bridgehead atoms. The van der Waals surface area contributed by atoms with Crippen molar-refractivity contribution in [2.75, 3.05) is 16.7 Å². The van der Waals surface area contributed by atoms with Gasteiger partial charge in [0.1, 0.15) is 0 Å². The number of carbonyl (C=O) groups excluding carboxylic acids is 1. The average molecular weight is 429 g/mol. The van der Waals surface area contributed by atoms with Crippen LogP contribution >= 0.6 is 11.6 Å². The molecule has 0 spiro atoms. The van der Waals surface area contributed by atoms with Crippen molar-refractivity contribution >= 4 is 38.9 Å². The van der Waals surface area contributed by atoms with Crippen LogP contribution in [0.1, 0.15) is 21.5 Å². The fourth-order valence-corrected chi connectivity index (χ4v) is 4.26. The Balaban J connectivity index is 1.94. The molecule has 7 heteroatoms. The van der Waals surface area contributed by atoms with Gasteiger partial charge in [-0.25, -0.2) is 8.42 Å². The number of benzene rings is 3. The Kier molecular flexibility index (Phi) is 5.96. The van der Waals surface area contributed by atoms with Crippen LogP contribution in [0.4, 0.5) is 11.4 Å². The van der Waals surface area contributed by atoms with Gasteiger partial charge in [-0.2, -0.15) is 0 Å². The normalized spacial score (nSPS) is 11.2. The van der Waals surface area contributed by atoms with Crippen LogP contribution in [0.3, 0.4) is 0 Å². The summed E-state index contributed by atoms with van der Waals surface area (Å²) in [5, 5.41) is 3.09. The SMILES string of the molecule is Cc1cccc(NC(=O)c2cc(N(C)S(=O)(=O)c3ccccc3)ccc2Cl)c1C. The van der Waals surface area contributed by atoms with Gasteiger partial charge in [0, 0.05) is 12.7 Å². The van der Waals surface area contributed by atoms with Gasteiger partial charge in [0.15, 0.2) is 0 Å². The molecule has 0 aliphatic carbocycles. The molecule has 0 aliphatic rings. The van der Waals surface area contributed by atoms with Crippen LogP contribution in [0.25, 0.3) is 0 Å². The summed E-state index contributed by atoms with van der Waals surface area (Å²) >= 11 is 6.24. The van der Waals surface area contributed by atoms with Gasteiger partial charge in [-0.3, -0.25) is 9.10 Å². The number of nitrogens with zero attached hydrogens (tertiary/aromatic N) is 1. The first-order valence-electron chi connectivity index (χ1n) is 8.93. The van der Waals surface area contributed by atoms with E-state index >= 15 is 0 Å². The molecule has 150 valence electrons. The maximum absolute atomic E-state index is 12.9. The maximum atomic E-state index is 12.9. The van der Waals surface area contributed by atoms with E-state index in [-0.39, 0.29) is 15.5 Å². The van der Waals surface area contributed by atoms with Crippen molar-refractivity contribution in [2.45, 2.75) is 18.7 Å². The van der Waals surface area contributed by atoms with Crippen molar-refractivity contribution in [1.29, 1.82) is 0 Å². The van der Waals surface area contributed by atoms with Crippen molar-refractivity contribution in [1.82, 2.24) is 0 Å². The van der Waals surface area contributed by atoms with Gasteiger partial charge in [-0.1, -0.05) is 41.9 Å². The van der Waals surface area contributed by atoms with Crippen molar-refractivity contribution in [3.05, 3.63) is 88.4 Å². The highest BCUT2D eigenvalue weighted by molar-refractivity contribution is 7.92. The second-order valence-electron chi connectivity index (χ2n) is 6.65. The topological polar surface area (TPSA) is 66.5 Å². The smallest absolute Gasteiger partial charge is 0.264 e. The summed E-state index contributed by atoms with van der Waals surface area (Å²) in [6.07, 6.45) is 0. The van der Waals surface area contributed by atoms with E-state index in [0.29, 0.717) is 11.4 Å². The molecule has 0 saturated carbocycles. The van der Waals surface area contributed by atoms with Crippen molar-refractivity contribution in [3.8, 4) is 0 Å². The van der Waals surface area contributed by atoms with Gasteiger partial charge >= 0.3 is 0 Å². The zero-order valence-electron chi connectivity index (χ0n) is 16.3. The summed E-state index contributed by atoms with van der Waals surface area (Å²) in [5.74, 6) is -0.406. The van der Waals surface area contributed by atoms with Crippen molar-refractivity contribution < 1.29 is 13.2 Å². The van der Waals surface area contributed by atoms with Gasteiger partial charge in [-0.05, 0) is 61.4 Å². The molecule has 0 atom stereocenters. The molecule has 0 unspecified atom stereocenters. The Morgan fingerprint density at radius 2 is 1.66 bits per heavy atom. The summed E-state index contributed by atoms with van der Waals surface area (Å²) in [7, 11) is -2.32. The maximum Gasteiger partial charge on any atom is 0.264 e. The quantitative estimate of drug-likeness (QED) is 0.619. The molecule has 29 heavy (non-hydrogen) atoms. The predicted molar refractivity (Wildman–Crippen MR) is 117 cm³/mol. The Bertz CT molecular complexity index is 1160. The molecule has 3 rings (SSSR count). The van der Waals surface area contributed by atoms with Crippen LogP contribution in [0.5, 0.6) is 0 Å². The lowest BCUT2D eigenvalue weighted by atomic mass is 10.1. The first-order valence-corrected chi connectivity index (χ1v) is 10.7. The zero-order chi connectivity index (χ0) is 21.2. The molecular formula is C22H21ClN2O3S. The van der Waals surface area contributed by atoms with Crippen LogP contribution < -0.4 is 9.62 Å². The lowest BCUT2D eigenvalue weighted by molar-refractivity contribution is 0.102. The third-order valence-corrected chi connectivity index (χ3v) is 6.94. The van der Waals surface area contributed by atoms with E-state index in [4.69, 9.17) is 11.6 Å². The number of hydrogen-bond acceptors (Lipinski definition) is 3. The Morgan fingerprint density at radius 3 is 2.34 bits per heavy atom. The van der Waals surface area contributed by atoms with E-state index < -0.39 is 15.9 Å². The standard InChI is InChI=1S/C22H21ClN2O3S/c1-15-8-7-11-21(16(15)2)24-22(26)19-14-17(12-13-20(19)23)25(3)29(27,28)18-9-5-4-6-10-18/h4-14H,1-3H3,(H,24,26). The number of halogens is 1. The molecule has 0 fully saturated rings. The second-order valence-corrected chi connectivity index (χ2v) is 9.03. The third-order valence-electron chi connectivity index (χ3n) is 4.81. The Hall–Kier alpha value is -2.83. The number of sulfonamides is 1. The van der Waals surface area contributed by atoms with Gasteiger partial charge in [-0.15, -0.1) is 0 Å². The summed E-state index contributed by atoms with van der Waals surface area (Å²) in [6, 6.07) is 18.3. The third kappa shape index (κ3) is 4.28. The van der Waals surface area contributed by atoms with Gasteiger partial charge in [0.25, 0.3) is 15.9 Å². The number of hydrogen-bond donors (Lipinski definition) is 1. The highest BCUT2D eigenvalue weighted by Gasteiger charge is 2.23. The number of aryl methyl sites for hydroxylation is 1. The summed E-state index contributed by atoms with van der Waals surface area (Å²) in [4.78, 5) is 13.0. The number of nitrogens with one attached hydrogen (secondary N) is 1. The molecule has 0 saturated heterocycles. The molecular weight excluding hydrogens is 408 g/mol. The zero-order valence-corrected chi connectivity index (χ0v) is 17.9. The van der Waals surface area contributed by atoms with Gasteiger partial charge < -0.3 is 5.32 Å². The highest BCUT2D eigenvalue weighted by atomic mass is 35.5. The second kappa shape index (κ2) is 8.27. The van der Waals surface area contributed by atoms with Crippen LogP contribution in [-0.4, -0.2) is 21.4 Å². The van der Waals surface area contributed by atoms with E-state index in [0.717, 1.165) is 15.4 Å². The molecule has 0 aromatic heterocycles. The number of carbonyl (C=O) groups is 1. The van der Waals surface area contributed by atoms with E-state index in [1.165, 1.54) is 31.3 Å². The molecule has 3 aromatic carbocycles. The van der Waals surface area contributed by atoms with E-state index in [1.54, 1.807) is 24.3 Å². The minimum atomic E-state index is -3.76. The molecule has 0 aliphatic heterocycles. The summed E-state index contributed by atoms with van der Waals surface area (Å²) in [6.45, 7) is 3.88. The Labute approximate surface area is 176 Å². The van der Waals surface area contributed by atoms with Crippen LogP contribution in [0.2, 0.25) is 5.02 Å². The van der Waals surface area contributed by atoms with Gasteiger partial charge in [0.05, 0.1) is 21.2 Å². The van der Waals surface area contributed by atoms with Gasteiger partial charge in [0.2, 0.25) is 0 Å². The molecule has 0 heterocycles. The summed E-state index contributed by atoms with van der Waals surface area (Å²) in [5.41, 5.74) is 3.22. The average Bonchev–Trinajstić information content (AvgIpc) is 2.71. The minimum Gasteiger partial charge on any atom is -0.322 e. The van der Waals surface area contributed by atoms with Crippen LogP contribution in [0.15, 0.2) is 71.6 Å². The van der Waals surface area contributed by atoms with Crippen molar-refractivity contribution in [2.24, 2.45) is 0 Å². The number of anilines is 2. The molecule has 0 radical (unpaired) electrons. The highest BCUT2D eigenvalue weighted by Crippen LogP contribution is 2.28. The number of rotatable bonds is 5. The molecule has 1 N–H and O–H groups in total. The Morgan fingerprint density at radius 1 is 0.966 bits per heavy atom. The monoisotopic (exact) mass is 428 g/mol. The van der Waals surface area contributed by atoms with Crippen LogP contribution in [-0.2, 0) is 10.0 Å². The predicted octanol–water partition coefficient (Wildman–Crippen LogP) is 5.03. The lowest BCUT2D eigenvalue weighted by Gasteiger charge is -2.20. The molecule has 5 nitrogen and oxygen atoms in total. The first-order chi connectivity index (χ1) is 13.7. The van der Waals surface area contributed by atoms with Crippen molar-refractivity contribution in [3.63, 3.8) is 0 Å².